The maximum atomic E-state index is 11.1. The number of halogens is 2. The van der Waals surface area contributed by atoms with Crippen LogP contribution < -0.4 is 32.3 Å². The molecule has 0 saturated heterocycles. The number of rotatable bonds is 28. The first kappa shape index (κ1) is 42.8. The van der Waals surface area contributed by atoms with Gasteiger partial charge in [0.15, 0.2) is 12.4 Å². The van der Waals surface area contributed by atoms with E-state index in [1.54, 1.807) is 59.4 Å². The van der Waals surface area contributed by atoms with E-state index in [2.05, 4.69) is 4.99 Å². The summed E-state index contributed by atoms with van der Waals surface area (Å²) in [6, 6.07) is 10.8. The van der Waals surface area contributed by atoms with E-state index in [-0.39, 0.29) is 31.6 Å². The molecule has 2 N–H and O–H groups in total. The first-order valence-corrected chi connectivity index (χ1v) is 15.9. The molecule has 0 spiro atoms. The fourth-order valence-electron chi connectivity index (χ4n) is 4.04. The summed E-state index contributed by atoms with van der Waals surface area (Å²) in [6.45, 7) is 5.76. The quantitative estimate of drug-likeness (QED) is 0.0243. The minimum Gasteiger partial charge on any atom is -1.00 e. The summed E-state index contributed by atoms with van der Waals surface area (Å²) in [7, 11) is 1.63. The van der Waals surface area contributed by atoms with Gasteiger partial charge in [0.2, 0.25) is 12.2 Å². The number of guanidine groups is 1. The Morgan fingerprint density at radius 1 is 0.875 bits per heavy atom. The molecule has 16 heteroatoms. The number of methoxy groups -OCH3 is 1. The van der Waals surface area contributed by atoms with Crippen LogP contribution in [0, 0.1) is 11.5 Å². The van der Waals surface area contributed by atoms with E-state index in [0.717, 1.165) is 37.1 Å². The van der Waals surface area contributed by atoms with Crippen molar-refractivity contribution in [3.63, 3.8) is 0 Å². The van der Waals surface area contributed by atoms with Gasteiger partial charge in [-0.05, 0) is 37.1 Å². The number of benzene rings is 1. The number of aromatic nitrogens is 1. The minimum absolute atomic E-state index is 0. The number of nitriles is 1. The van der Waals surface area contributed by atoms with Gasteiger partial charge in [0.1, 0.15) is 5.75 Å². The number of pyridine rings is 1. The zero-order chi connectivity index (χ0) is 33.8. The lowest BCUT2D eigenvalue weighted by atomic mass is 10.2. The Hall–Kier alpha value is -3.26. The normalized spacial score (nSPS) is 11.7. The molecule has 1 atom stereocenters. The van der Waals surface area contributed by atoms with Gasteiger partial charge < -0.3 is 56.2 Å². The number of hydrogen-bond acceptors (Lipinski definition) is 11. The van der Waals surface area contributed by atoms with Crippen molar-refractivity contribution in [3.8, 4) is 11.9 Å². The van der Waals surface area contributed by atoms with Gasteiger partial charge in [-0.15, -0.1) is 9.56 Å². The summed E-state index contributed by atoms with van der Waals surface area (Å²) in [5.74, 6) is 0.878. The lowest BCUT2D eigenvalue weighted by Crippen LogP contribution is -3.00. The molecular weight excluding hydrogens is 669 g/mol. The highest BCUT2D eigenvalue weighted by Gasteiger charge is 2.21. The number of ether oxygens (including phenoxy) is 8. The summed E-state index contributed by atoms with van der Waals surface area (Å²) in [6.07, 6.45) is 7.74. The number of aliphatic imine (C=N–C) groups is 1. The smallest absolute Gasteiger partial charge is 0.426 e. The highest BCUT2D eigenvalue weighted by Crippen LogP contribution is 2.17. The van der Waals surface area contributed by atoms with Gasteiger partial charge in [-0.1, -0.05) is 24.4 Å². The molecule has 0 aliphatic heterocycles. The van der Waals surface area contributed by atoms with Gasteiger partial charge in [-0.25, -0.2) is 0 Å². The molecule has 0 bridgehead atoms. The lowest BCUT2D eigenvalue weighted by molar-refractivity contribution is -0.799. The lowest BCUT2D eigenvalue weighted by Gasteiger charge is -2.22. The molecule has 48 heavy (non-hydrogen) atoms. The summed E-state index contributed by atoms with van der Waals surface area (Å²) >= 11 is 5.90. The minimum atomic E-state index is -0.995. The molecule has 0 aliphatic rings. The summed E-state index contributed by atoms with van der Waals surface area (Å²) in [5, 5.41) is 9.73. The number of nitrogens with zero attached hydrogens (tertiary/aromatic N) is 4. The fraction of sp³-hybridized carbons (Fsp3) is 0.562. The van der Waals surface area contributed by atoms with E-state index in [1.165, 1.54) is 0 Å². The maximum Gasteiger partial charge on any atom is 0.426 e. The molecule has 1 aromatic carbocycles. The van der Waals surface area contributed by atoms with Crippen LogP contribution in [0.15, 0.2) is 53.8 Å². The Labute approximate surface area is 293 Å². The molecule has 1 heterocycles. The van der Waals surface area contributed by atoms with Crippen LogP contribution in [0.3, 0.4) is 0 Å². The average Bonchev–Trinajstić information content (AvgIpc) is 3.08. The van der Waals surface area contributed by atoms with Crippen LogP contribution in [-0.4, -0.2) is 98.8 Å². The van der Waals surface area contributed by atoms with Crippen LogP contribution in [0.2, 0.25) is 5.02 Å². The van der Waals surface area contributed by atoms with Crippen molar-refractivity contribution in [2.75, 3.05) is 91.2 Å². The first-order valence-electron chi connectivity index (χ1n) is 15.5. The fourth-order valence-corrected chi connectivity index (χ4v) is 4.17. The van der Waals surface area contributed by atoms with Crippen molar-refractivity contribution in [3.05, 3.63) is 53.8 Å². The van der Waals surface area contributed by atoms with Crippen LogP contribution in [0.4, 0.5) is 5.69 Å². The highest BCUT2D eigenvalue weighted by molar-refractivity contribution is 6.30. The average molecular weight is 717 g/mol. The SMILES string of the molecule is COCCOCCOCCOCCOCCOC(OC=O)[n+]1ccc(N(CCCCCCOc2ccc(Cl)cc2)C(N)=NC#N)cc1.[Cl-]. The maximum absolute atomic E-state index is 11.1. The van der Waals surface area contributed by atoms with Gasteiger partial charge >= 0.3 is 6.41 Å². The number of carbonyl (C=O) groups is 1. The molecule has 2 aromatic rings. The van der Waals surface area contributed by atoms with Gasteiger partial charge in [-0.3, -0.25) is 9.53 Å². The largest absolute Gasteiger partial charge is 1.00 e. The van der Waals surface area contributed by atoms with Crippen molar-refractivity contribution >= 4 is 29.7 Å². The van der Waals surface area contributed by atoms with Crippen molar-refractivity contribution < 1.29 is 59.7 Å². The van der Waals surface area contributed by atoms with Crippen LogP contribution in [-0.2, 0) is 38.0 Å². The molecule has 0 radical (unpaired) electrons. The van der Waals surface area contributed by atoms with Crippen LogP contribution in [0.25, 0.3) is 0 Å². The third-order valence-corrected chi connectivity index (χ3v) is 6.65. The molecular formula is C32H47Cl2N5O9. The topological polar surface area (TPSA) is 160 Å². The third kappa shape index (κ3) is 19.5. The molecule has 2 rings (SSSR count). The number of hydrogen-bond donors (Lipinski definition) is 1. The Balaban J connectivity index is 0.0000115. The van der Waals surface area contributed by atoms with E-state index in [1.807, 2.05) is 12.1 Å². The number of anilines is 1. The van der Waals surface area contributed by atoms with Crippen LogP contribution in [0.5, 0.6) is 5.75 Å². The molecule has 268 valence electrons. The van der Waals surface area contributed by atoms with Crippen molar-refractivity contribution in [1.82, 2.24) is 0 Å². The molecule has 0 saturated carbocycles. The molecule has 1 aromatic heterocycles. The van der Waals surface area contributed by atoms with Gasteiger partial charge in [-0.2, -0.15) is 5.26 Å². The summed E-state index contributed by atoms with van der Waals surface area (Å²) in [5.41, 5.74) is 6.82. The Morgan fingerprint density at radius 3 is 2.00 bits per heavy atom. The van der Waals surface area contributed by atoms with E-state index in [9.17, 15) is 4.79 Å². The highest BCUT2D eigenvalue weighted by atomic mass is 35.5. The van der Waals surface area contributed by atoms with Gasteiger partial charge in [0.25, 0.3) is 6.47 Å². The Bertz CT molecular complexity index is 1160. The first-order chi connectivity index (χ1) is 23.1. The molecule has 1 unspecified atom stereocenters. The van der Waals surface area contributed by atoms with Gasteiger partial charge in [0, 0.05) is 30.8 Å². The van der Waals surface area contributed by atoms with E-state index < -0.39 is 6.41 Å². The standard InChI is InChI=1S/C32H47ClN5O9.ClH/c1-40-16-17-41-18-19-42-20-21-43-22-23-44-24-25-46-32(47-27-39)37-13-10-29(11-14-37)38(31(35)36-26-34)12-4-2-3-5-15-45-30-8-6-28(33)7-9-30;/h6-11,13-14,27,32H,2-5,12,15-25H2,1H3,(H2,35,36);1H/q+1;/p-1. The molecule has 0 amide bonds. The van der Waals surface area contributed by atoms with Crippen molar-refractivity contribution in [2.45, 2.75) is 32.1 Å². The predicted octanol–water partition coefficient (Wildman–Crippen LogP) is 0.232. The Kier molecular flexibility index (Phi) is 25.6. The second kappa shape index (κ2) is 28.7. The summed E-state index contributed by atoms with van der Waals surface area (Å²) < 4.78 is 44.7. The van der Waals surface area contributed by atoms with Crippen molar-refractivity contribution in [2.24, 2.45) is 10.7 Å². The molecule has 14 nitrogen and oxygen atoms in total. The molecule has 0 aliphatic carbocycles. The summed E-state index contributed by atoms with van der Waals surface area (Å²) in [4.78, 5) is 16.6. The second-order valence-electron chi connectivity index (χ2n) is 9.79. The monoisotopic (exact) mass is 715 g/mol. The molecule has 0 fully saturated rings. The second-order valence-corrected chi connectivity index (χ2v) is 10.2. The van der Waals surface area contributed by atoms with E-state index in [0.29, 0.717) is 77.5 Å². The number of unbranched alkanes of at least 4 members (excludes halogenated alkanes) is 3. The Morgan fingerprint density at radius 2 is 1.44 bits per heavy atom. The van der Waals surface area contributed by atoms with Crippen LogP contribution >= 0.6 is 11.6 Å². The van der Waals surface area contributed by atoms with E-state index >= 15 is 0 Å². The zero-order valence-electron chi connectivity index (χ0n) is 27.4. The number of nitrogens with two attached hydrogens (primary N) is 1. The predicted molar refractivity (Wildman–Crippen MR) is 174 cm³/mol. The van der Waals surface area contributed by atoms with Crippen LogP contribution in [0.1, 0.15) is 32.1 Å². The van der Waals surface area contributed by atoms with E-state index in [4.69, 9.17) is 60.5 Å². The van der Waals surface area contributed by atoms with Gasteiger partial charge in [0.05, 0.1) is 78.4 Å². The van der Waals surface area contributed by atoms with Crippen molar-refractivity contribution in [1.29, 1.82) is 5.26 Å². The third-order valence-electron chi connectivity index (χ3n) is 6.40. The zero-order valence-corrected chi connectivity index (χ0v) is 28.9. The number of carbonyl (C=O) groups excluding carboxylic acids is 1.